The van der Waals surface area contributed by atoms with Gasteiger partial charge in [0, 0.05) is 12.5 Å². The lowest BCUT2D eigenvalue weighted by atomic mass is 9.56. The van der Waals surface area contributed by atoms with Gasteiger partial charge in [0.15, 0.2) is 5.78 Å². The quantitative estimate of drug-likeness (QED) is 0.243. The lowest BCUT2D eigenvalue weighted by molar-refractivity contribution is -0.116. The first-order chi connectivity index (χ1) is 14.8. The predicted molar refractivity (Wildman–Crippen MR) is 132 cm³/mol. The molecule has 1 spiro atoms. The summed E-state index contributed by atoms with van der Waals surface area (Å²) < 4.78 is 7.56. The largest absolute Gasteiger partial charge is 0.369 e. The molecule has 4 fully saturated rings. The van der Waals surface area contributed by atoms with Gasteiger partial charge in [-0.25, -0.2) is 0 Å². The van der Waals surface area contributed by atoms with E-state index in [-0.39, 0.29) is 11.0 Å². The van der Waals surface area contributed by atoms with E-state index in [1.807, 2.05) is 6.08 Å². The van der Waals surface area contributed by atoms with Crippen molar-refractivity contribution in [3.05, 3.63) is 22.8 Å². The lowest BCUT2D eigenvalue weighted by Crippen LogP contribution is -2.50. The zero-order valence-electron chi connectivity index (χ0n) is 19.4. The highest BCUT2D eigenvalue weighted by molar-refractivity contribution is 14.1. The number of rotatable bonds is 0. The first kappa shape index (κ1) is 21.3. The number of allylic oxidation sites excluding steroid dienone is 3. The molecule has 0 aromatic rings. The van der Waals surface area contributed by atoms with E-state index in [9.17, 15) is 4.79 Å². The van der Waals surface area contributed by atoms with E-state index >= 15 is 0 Å². The molecule has 6 aliphatic rings. The Morgan fingerprint density at radius 1 is 1.23 bits per heavy atom. The minimum atomic E-state index is 0.0325. The Morgan fingerprint density at radius 2 is 2.06 bits per heavy atom. The van der Waals surface area contributed by atoms with Gasteiger partial charge in [0.05, 0.1) is 15.6 Å². The van der Waals surface area contributed by atoms with E-state index in [2.05, 4.69) is 48.7 Å². The van der Waals surface area contributed by atoms with E-state index in [1.165, 1.54) is 37.7 Å². The molecule has 0 unspecified atom stereocenters. The molecule has 6 rings (SSSR count). The van der Waals surface area contributed by atoms with Gasteiger partial charge in [-0.1, -0.05) is 53.2 Å². The van der Waals surface area contributed by atoms with Crippen LogP contribution < -0.4 is 5.32 Å². The summed E-state index contributed by atoms with van der Waals surface area (Å²) in [4.78, 5) is 12.1. The molecule has 170 valence electrons. The molecule has 31 heavy (non-hydrogen) atoms. The number of hydrogen-bond donors (Lipinski definition) is 1. The number of alkyl halides is 1. The Labute approximate surface area is 201 Å². The standard InChI is InChI=1S/C27H38INO2/c1-15-10-23-24(29-14-15)25(28)27(31-23)9-7-19-20-5-4-17-11-18(30)6-8-26(17,3)22(20)12-21(19)16(2)13-27/h11,15,19-20,22-25,29H,4-10,12-14H2,1-3H3/t15-,19-,20-,22-,23+,24+,25+,26-,27-/m0/s1. The Kier molecular flexibility index (Phi) is 5.09. The van der Waals surface area contributed by atoms with Crippen LogP contribution in [0.1, 0.15) is 78.6 Å². The molecule has 9 atom stereocenters. The first-order valence-electron chi connectivity index (χ1n) is 12.8. The lowest BCUT2D eigenvalue weighted by Gasteiger charge is -2.48. The normalized spacial score (nSPS) is 51.7. The number of fused-ring (bicyclic) bond motifs is 6. The molecule has 3 nitrogen and oxygen atoms in total. The van der Waals surface area contributed by atoms with Gasteiger partial charge in [0.1, 0.15) is 0 Å². The predicted octanol–water partition coefficient (Wildman–Crippen LogP) is 5.77. The summed E-state index contributed by atoms with van der Waals surface area (Å²) in [6.07, 6.45) is 12.8. The highest BCUT2D eigenvalue weighted by Gasteiger charge is 2.58. The number of piperidine rings is 1. The Morgan fingerprint density at radius 3 is 2.90 bits per heavy atom. The van der Waals surface area contributed by atoms with Gasteiger partial charge >= 0.3 is 0 Å². The summed E-state index contributed by atoms with van der Waals surface area (Å²) in [5.74, 6) is 3.39. The van der Waals surface area contributed by atoms with Crippen LogP contribution in [0.2, 0.25) is 0 Å². The van der Waals surface area contributed by atoms with Crippen LogP contribution in [-0.4, -0.2) is 34.0 Å². The average Bonchev–Trinajstić information content (AvgIpc) is 3.19. The molecule has 2 saturated carbocycles. The number of ether oxygens (including phenoxy) is 1. The summed E-state index contributed by atoms with van der Waals surface area (Å²) >= 11 is 2.73. The van der Waals surface area contributed by atoms with Gasteiger partial charge in [0.25, 0.3) is 0 Å². The third-order valence-corrected chi connectivity index (χ3v) is 12.3. The maximum absolute atomic E-state index is 12.1. The summed E-state index contributed by atoms with van der Waals surface area (Å²) in [5.41, 5.74) is 5.21. The molecule has 0 aromatic heterocycles. The van der Waals surface area contributed by atoms with Crippen LogP contribution >= 0.6 is 22.6 Å². The number of ketones is 1. The minimum absolute atomic E-state index is 0.0325. The molecule has 4 heteroatoms. The van der Waals surface area contributed by atoms with Crippen molar-refractivity contribution in [1.82, 2.24) is 5.32 Å². The number of carbonyl (C=O) groups excluding carboxylic acids is 1. The van der Waals surface area contributed by atoms with Crippen molar-refractivity contribution in [3.8, 4) is 0 Å². The maximum atomic E-state index is 12.1. The Bertz CT molecular complexity index is 863. The average molecular weight is 536 g/mol. The fourth-order valence-corrected chi connectivity index (χ4v) is 10.1. The molecule has 0 amide bonds. The van der Waals surface area contributed by atoms with E-state index in [0.717, 1.165) is 55.9 Å². The van der Waals surface area contributed by atoms with Crippen molar-refractivity contribution < 1.29 is 9.53 Å². The van der Waals surface area contributed by atoms with Crippen LogP contribution in [0.15, 0.2) is 22.8 Å². The second-order valence-corrected chi connectivity index (χ2v) is 13.4. The van der Waals surface area contributed by atoms with Crippen LogP contribution in [0, 0.1) is 29.1 Å². The summed E-state index contributed by atoms with van der Waals surface area (Å²) in [6.45, 7) is 8.42. The molecular weight excluding hydrogens is 497 g/mol. The molecule has 0 bridgehead atoms. The van der Waals surface area contributed by atoms with Crippen molar-refractivity contribution in [3.63, 3.8) is 0 Å². The second-order valence-electron chi connectivity index (χ2n) is 12.1. The van der Waals surface area contributed by atoms with Gasteiger partial charge < -0.3 is 10.1 Å². The van der Waals surface area contributed by atoms with Crippen molar-refractivity contribution in [2.75, 3.05) is 6.54 Å². The highest BCUT2D eigenvalue weighted by atomic mass is 127. The van der Waals surface area contributed by atoms with Crippen LogP contribution in [0.25, 0.3) is 0 Å². The molecule has 2 aliphatic heterocycles. The van der Waals surface area contributed by atoms with Crippen LogP contribution in [0.4, 0.5) is 0 Å². The fraction of sp³-hybridized carbons (Fsp3) is 0.815. The molecule has 1 N–H and O–H groups in total. The monoisotopic (exact) mass is 535 g/mol. The van der Waals surface area contributed by atoms with E-state index in [0.29, 0.717) is 21.9 Å². The smallest absolute Gasteiger partial charge is 0.155 e. The summed E-state index contributed by atoms with van der Waals surface area (Å²) in [5, 5.41) is 3.84. The third kappa shape index (κ3) is 3.13. The summed E-state index contributed by atoms with van der Waals surface area (Å²) in [6, 6.07) is 0.529. The molecule has 4 aliphatic carbocycles. The number of hydrogen-bond acceptors (Lipinski definition) is 3. The number of halogens is 1. The molecular formula is C27H38INO2. The van der Waals surface area contributed by atoms with Gasteiger partial charge in [-0.2, -0.15) is 0 Å². The fourth-order valence-electron chi connectivity index (χ4n) is 8.72. The zero-order chi connectivity index (χ0) is 21.5. The van der Waals surface area contributed by atoms with Crippen molar-refractivity contribution >= 4 is 28.4 Å². The molecule has 2 heterocycles. The minimum Gasteiger partial charge on any atom is -0.369 e. The van der Waals surface area contributed by atoms with Crippen LogP contribution in [0.3, 0.4) is 0 Å². The van der Waals surface area contributed by atoms with Crippen molar-refractivity contribution in [2.24, 2.45) is 29.1 Å². The maximum Gasteiger partial charge on any atom is 0.155 e. The van der Waals surface area contributed by atoms with Gasteiger partial charge in [-0.15, -0.1) is 0 Å². The Balaban J connectivity index is 1.30. The molecule has 2 saturated heterocycles. The highest BCUT2D eigenvalue weighted by Crippen LogP contribution is 2.64. The first-order valence-corrected chi connectivity index (χ1v) is 14.0. The van der Waals surface area contributed by atoms with Gasteiger partial charge in [0.2, 0.25) is 0 Å². The SMILES string of the molecule is CC1=C2C[C@H]3[C@@H](CCC4=CC(=O)CC[C@@]43C)[C@@H]2CC[C@@]2(C1)O[C@@H]1C[C@H](C)CN[C@H]1[C@H]2I. The van der Waals surface area contributed by atoms with E-state index in [1.54, 1.807) is 11.1 Å². The van der Waals surface area contributed by atoms with Gasteiger partial charge in [-0.3, -0.25) is 4.79 Å². The van der Waals surface area contributed by atoms with E-state index in [4.69, 9.17) is 4.74 Å². The number of nitrogens with one attached hydrogen (secondary N) is 1. The number of carbonyl (C=O) groups is 1. The molecule has 0 aromatic carbocycles. The van der Waals surface area contributed by atoms with Crippen molar-refractivity contribution in [1.29, 1.82) is 0 Å². The van der Waals surface area contributed by atoms with E-state index < -0.39 is 0 Å². The Hall–Kier alpha value is -0.200. The van der Waals surface area contributed by atoms with Crippen molar-refractivity contribution in [2.45, 2.75) is 100 Å². The zero-order valence-corrected chi connectivity index (χ0v) is 21.5. The molecule has 0 radical (unpaired) electrons. The summed E-state index contributed by atoms with van der Waals surface area (Å²) in [7, 11) is 0. The van der Waals surface area contributed by atoms with Crippen LogP contribution in [-0.2, 0) is 9.53 Å². The van der Waals surface area contributed by atoms with Crippen LogP contribution in [0.5, 0.6) is 0 Å². The topological polar surface area (TPSA) is 38.3 Å². The second kappa shape index (κ2) is 7.40. The third-order valence-electron chi connectivity index (χ3n) is 10.4. The van der Waals surface area contributed by atoms with Gasteiger partial charge in [-0.05, 0) is 100.0 Å².